The number of carbonyl (C=O) groups excluding carboxylic acids is 1. The van der Waals surface area contributed by atoms with Crippen molar-refractivity contribution in [1.29, 1.82) is 0 Å². The van der Waals surface area contributed by atoms with Gasteiger partial charge in [0.25, 0.3) is 0 Å². The number of benzene rings is 1. The summed E-state index contributed by atoms with van der Waals surface area (Å²) in [6.07, 6.45) is 1.70. The Hall–Kier alpha value is -2.21. The Morgan fingerprint density at radius 1 is 1.29 bits per heavy atom. The molecule has 1 saturated heterocycles. The zero-order chi connectivity index (χ0) is 17.1. The molecule has 1 aromatic carbocycles. The van der Waals surface area contributed by atoms with E-state index in [1.54, 1.807) is 7.11 Å². The second-order valence-electron chi connectivity index (χ2n) is 6.26. The molecule has 0 unspecified atom stereocenters. The molecule has 1 fully saturated rings. The fourth-order valence-electron chi connectivity index (χ4n) is 3.18. The van der Waals surface area contributed by atoms with Gasteiger partial charge in [-0.1, -0.05) is 5.16 Å². The largest absolute Gasteiger partial charge is 0.497 e. The van der Waals surface area contributed by atoms with Crippen molar-refractivity contribution in [1.82, 2.24) is 15.0 Å². The van der Waals surface area contributed by atoms with Crippen LogP contribution in [0.1, 0.15) is 47.9 Å². The summed E-state index contributed by atoms with van der Waals surface area (Å²) >= 11 is 0. The highest BCUT2D eigenvalue weighted by Gasteiger charge is 2.30. The van der Waals surface area contributed by atoms with Crippen LogP contribution >= 0.6 is 0 Å². The number of nitrogens with zero attached hydrogens (tertiary/aromatic N) is 3. The molecule has 6 heteroatoms. The molecule has 128 valence electrons. The summed E-state index contributed by atoms with van der Waals surface area (Å²) in [5, 5.41) is 3.85. The number of methoxy groups -OCH3 is 1. The van der Waals surface area contributed by atoms with E-state index in [1.165, 1.54) is 0 Å². The van der Waals surface area contributed by atoms with Gasteiger partial charge in [-0.3, -0.25) is 9.69 Å². The van der Waals surface area contributed by atoms with Gasteiger partial charge in [-0.25, -0.2) is 0 Å². The van der Waals surface area contributed by atoms with E-state index in [0.29, 0.717) is 11.7 Å². The van der Waals surface area contributed by atoms with Crippen LogP contribution in [0.25, 0.3) is 0 Å². The van der Waals surface area contributed by atoms with Gasteiger partial charge in [0.1, 0.15) is 5.75 Å². The van der Waals surface area contributed by atoms with Gasteiger partial charge in [0, 0.05) is 11.5 Å². The standard InChI is InChI=1S/C18H23N3O3/c1-12(18-19-13(2)20-24-18)21-10-8-15(9-11-21)17(22)14-4-6-16(23-3)7-5-14/h4-7,12,15H,8-11H2,1-3H3/t12-/m0/s1. The number of likely N-dealkylation sites (tertiary alicyclic amines) is 1. The molecule has 0 aliphatic carbocycles. The first-order valence-electron chi connectivity index (χ1n) is 8.31. The third kappa shape index (κ3) is 3.48. The van der Waals surface area contributed by atoms with Crippen LogP contribution in [0.4, 0.5) is 0 Å². The molecule has 2 aromatic rings. The van der Waals surface area contributed by atoms with Gasteiger partial charge in [0.15, 0.2) is 11.6 Å². The van der Waals surface area contributed by atoms with Crippen molar-refractivity contribution in [2.24, 2.45) is 5.92 Å². The van der Waals surface area contributed by atoms with E-state index < -0.39 is 0 Å². The second-order valence-corrected chi connectivity index (χ2v) is 6.26. The van der Waals surface area contributed by atoms with E-state index in [-0.39, 0.29) is 17.7 Å². The number of hydrogen-bond acceptors (Lipinski definition) is 6. The lowest BCUT2D eigenvalue weighted by Crippen LogP contribution is -2.38. The molecular weight excluding hydrogens is 306 g/mol. The normalized spacial score (nSPS) is 17.6. The Kier molecular flexibility index (Phi) is 4.94. The monoisotopic (exact) mass is 329 g/mol. The molecule has 0 N–H and O–H groups in total. The lowest BCUT2D eigenvalue weighted by atomic mass is 9.88. The summed E-state index contributed by atoms with van der Waals surface area (Å²) < 4.78 is 10.4. The molecule has 2 heterocycles. The molecule has 0 bridgehead atoms. The average Bonchev–Trinajstić information content (AvgIpc) is 3.07. The molecule has 0 saturated carbocycles. The van der Waals surface area contributed by atoms with E-state index in [9.17, 15) is 4.79 Å². The van der Waals surface area contributed by atoms with E-state index in [0.717, 1.165) is 37.2 Å². The number of ether oxygens (including phenoxy) is 1. The minimum absolute atomic E-state index is 0.0752. The lowest BCUT2D eigenvalue weighted by Gasteiger charge is -2.33. The summed E-state index contributed by atoms with van der Waals surface area (Å²) in [5.74, 6) is 2.36. The highest BCUT2D eigenvalue weighted by molar-refractivity contribution is 5.98. The maximum absolute atomic E-state index is 12.6. The van der Waals surface area contributed by atoms with Crippen LogP contribution in [0.5, 0.6) is 5.75 Å². The van der Waals surface area contributed by atoms with Gasteiger partial charge in [0.05, 0.1) is 13.2 Å². The summed E-state index contributed by atoms with van der Waals surface area (Å²) in [4.78, 5) is 19.3. The quantitative estimate of drug-likeness (QED) is 0.785. The van der Waals surface area contributed by atoms with E-state index in [4.69, 9.17) is 9.26 Å². The van der Waals surface area contributed by atoms with Gasteiger partial charge < -0.3 is 9.26 Å². The van der Waals surface area contributed by atoms with Crippen LogP contribution in [0.15, 0.2) is 28.8 Å². The number of aryl methyl sites for hydroxylation is 1. The summed E-state index contributed by atoms with van der Waals surface area (Å²) in [5.41, 5.74) is 0.759. The number of Topliss-reactive ketones (excluding diaryl/α,β-unsaturated/α-hetero) is 1. The van der Waals surface area contributed by atoms with E-state index >= 15 is 0 Å². The third-order valence-electron chi connectivity index (χ3n) is 4.72. The van der Waals surface area contributed by atoms with Crippen molar-refractivity contribution >= 4 is 5.78 Å². The fraction of sp³-hybridized carbons (Fsp3) is 0.500. The number of hydrogen-bond donors (Lipinski definition) is 0. The Labute approximate surface area is 141 Å². The molecule has 0 amide bonds. The lowest BCUT2D eigenvalue weighted by molar-refractivity contribution is 0.0774. The molecule has 3 rings (SSSR count). The highest BCUT2D eigenvalue weighted by atomic mass is 16.5. The van der Waals surface area contributed by atoms with Gasteiger partial charge >= 0.3 is 0 Å². The first kappa shape index (κ1) is 16.6. The van der Waals surface area contributed by atoms with E-state index in [2.05, 4.69) is 22.0 Å². The van der Waals surface area contributed by atoms with Gasteiger partial charge in [-0.2, -0.15) is 4.98 Å². The second kappa shape index (κ2) is 7.13. The summed E-state index contributed by atoms with van der Waals surface area (Å²) in [6.45, 7) is 5.60. The predicted molar refractivity (Wildman–Crippen MR) is 89.1 cm³/mol. The van der Waals surface area contributed by atoms with Gasteiger partial charge in [-0.05, 0) is 64.0 Å². The Morgan fingerprint density at radius 3 is 2.50 bits per heavy atom. The third-order valence-corrected chi connectivity index (χ3v) is 4.72. The Bertz CT molecular complexity index is 688. The molecule has 1 aromatic heterocycles. The molecule has 24 heavy (non-hydrogen) atoms. The summed E-state index contributed by atoms with van der Waals surface area (Å²) in [7, 11) is 1.62. The maximum Gasteiger partial charge on any atom is 0.243 e. The fourth-order valence-corrected chi connectivity index (χ4v) is 3.18. The zero-order valence-corrected chi connectivity index (χ0v) is 14.4. The van der Waals surface area contributed by atoms with Crippen LogP contribution in [0.2, 0.25) is 0 Å². The smallest absolute Gasteiger partial charge is 0.243 e. The molecule has 1 aliphatic rings. The predicted octanol–water partition coefficient (Wildman–Crippen LogP) is 3.04. The maximum atomic E-state index is 12.6. The number of ketones is 1. The molecular formula is C18H23N3O3. The topological polar surface area (TPSA) is 68.5 Å². The van der Waals surface area contributed by atoms with Crippen LogP contribution in [-0.4, -0.2) is 41.0 Å². The molecule has 0 spiro atoms. The van der Waals surface area contributed by atoms with Crippen molar-refractivity contribution in [2.45, 2.75) is 32.7 Å². The molecule has 0 radical (unpaired) electrons. The minimum Gasteiger partial charge on any atom is -0.497 e. The number of rotatable bonds is 5. The summed E-state index contributed by atoms with van der Waals surface area (Å²) in [6, 6.07) is 7.45. The van der Waals surface area contributed by atoms with Crippen molar-refractivity contribution in [3.63, 3.8) is 0 Å². The van der Waals surface area contributed by atoms with Crippen LogP contribution in [0.3, 0.4) is 0 Å². The van der Waals surface area contributed by atoms with Crippen LogP contribution < -0.4 is 4.74 Å². The van der Waals surface area contributed by atoms with Crippen molar-refractivity contribution in [2.75, 3.05) is 20.2 Å². The van der Waals surface area contributed by atoms with Crippen LogP contribution in [-0.2, 0) is 0 Å². The van der Waals surface area contributed by atoms with Gasteiger partial charge in [0.2, 0.25) is 5.89 Å². The van der Waals surface area contributed by atoms with Crippen molar-refractivity contribution in [3.8, 4) is 5.75 Å². The van der Waals surface area contributed by atoms with E-state index in [1.807, 2.05) is 31.2 Å². The van der Waals surface area contributed by atoms with Crippen molar-refractivity contribution < 1.29 is 14.1 Å². The minimum atomic E-state index is 0.0752. The van der Waals surface area contributed by atoms with Gasteiger partial charge in [-0.15, -0.1) is 0 Å². The SMILES string of the molecule is COc1ccc(C(=O)C2CCN([C@@H](C)c3nc(C)no3)CC2)cc1. The average molecular weight is 329 g/mol. The highest BCUT2D eigenvalue weighted by Crippen LogP contribution is 2.28. The first-order valence-corrected chi connectivity index (χ1v) is 8.31. The Morgan fingerprint density at radius 2 is 1.96 bits per heavy atom. The molecule has 1 atom stereocenters. The number of aromatic nitrogens is 2. The molecule has 1 aliphatic heterocycles. The van der Waals surface area contributed by atoms with Crippen molar-refractivity contribution in [3.05, 3.63) is 41.5 Å². The molecule has 6 nitrogen and oxygen atoms in total. The van der Waals surface area contributed by atoms with Crippen LogP contribution in [0, 0.1) is 12.8 Å². The zero-order valence-electron chi connectivity index (χ0n) is 14.4. The number of piperidine rings is 1. The number of carbonyl (C=O) groups is 1. The Balaban J connectivity index is 1.58. The first-order chi connectivity index (χ1) is 11.6.